The Kier molecular flexibility index (Phi) is 9.17. The summed E-state index contributed by atoms with van der Waals surface area (Å²) in [6.07, 6.45) is -11.4. The normalized spacial score (nSPS) is 15.3. The Morgan fingerprint density at radius 1 is 0.448 bits per heavy atom. The summed E-state index contributed by atoms with van der Waals surface area (Å²) in [5, 5.41) is 0. The topological polar surface area (TPSA) is 26.0 Å². The van der Waals surface area contributed by atoms with Crippen LogP contribution in [-0.2, 0) is 0 Å². The lowest BCUT2D eigenvalue weighted by Gasteiger charge is -2.41. The van der Waals surface area contributed by atoms with E-state index in [1.165, 1.54) is 0 Å². The first-order valence-corrected chi connectivity index (χ1v) is 7.10. The highest BCUT2D eigenvalue weighted by atomic mass is 35.5. The number of alkyl halides is 15. The molecule has 0 spiro atoms. The molecule has 0 unspecified atom stereocenters. The molecule has 0 aromatic rings. The van der Waals surface area contributed by atoms with Crippen LogP contribution in [0, 0.1) is 0 Å². The van der Waals surface area contributed by atoms with Gasteiger partial charge in [0, 0.05) is 6.42 Å². The molecule has 0 radical (unpaired) electrons. The van der Waals surface area contributed by atoms with Gasteiger partial charge in [-0.2, -0.15) is 65.9 Å². The largest absolute Gasteiger partial charge is 0.460 e. The van der Waals surface area contributed by atoms with Crippen LogP contribution in [0.4, 0.5) is 65.9 Å². The van der Waals surface area contributed by atoms with Crippen molar-refractivity contribution in [2.45, 2.75) is 67.4 Å². The first-order valence-electron chi connectivity index (χ1n) is 7.10. The number of hydrogen-bond donors (Lipinski definition) is 1. The van der Waals surface area contributed by atoms with Crippen LogP contribution in [0.2, 0.25) is 0 Å². The summed E-state index contributed by atoms with van der Waals surface area (Å²) in [7, 11) is 0. The van der Waals surface area contributed by atoms with E-state index in [0.717, 1.165) is 0 Å². The monoisotopic (exact) mass is 491 g/mol. The molecule has 0 aliphatic carbocycles. The molecule has 178 valence electrons. The van der Waals surface area contributed by atoms with E-state index >= 15 is 0 Å². The molecule has 0 amide bonds. The lowest BCUT2D eigenvalue weighted by molar-refractivity contribution is -0.452. The quantitative estimate of drug-likeness (QED) is 0.282. The van der Waals surface area contributed by atoms with Gasteiger partial charge < -0.3 is 5.73 Å². The van der Waals surface area contributed by atoms with Crippen molar-refractivity contribution in [1.82, 2.24) is 0 Å². The summed E-state index contributed by atoms with van der Waals surface area (Å²) in [5.74, 6) is -45.9. The maximum atomic E-state index is 13.3. The third-order valence-electron chi connectivity index (χ3n) is 3.59. The molecule has 0 bridgehead atoms. The van der Waals surface area contributed by atoms with E-state index in [1.807, 2.05) is 0 Å². The molecule has 0 aliphatic rings. The van der Waals surface area contributed by atoms with Crippen LogP contribution in [0.15, 0.2) is 0 Å². The van der Waals surface area contributed by atoms with Gasteiger partial charge in [-0.05, 0) is 19.4 Å². The molecule has 0 saturated carbocycles. The van der Waals surface area contributed by atoms with E-state index in [1.54, 1.807) is 0 Å². The summed E-state index contributed by atoms with van der Waals surface area (Å²) in [4.78, 5) is 0. The Balaban J connectivity index is 0. The van der Waals surface area contributed by atoms with Gasteiger partial charge in [0.25, 0.3) is 0 Å². The predicted octanol–water partition coefficient (Wildman–Crippen LogP) is 6.30. The van der Waals surface area contributed by atoms with Gasteiger partial charge in [0.1, 0.15) is 0 Å². The smallest absolute Gasteiger partial charge is 0.330 e. The second kappa shape index (κ2) is 8.75. The van der Waals surface area contributed by atoms with E-state index in [9.17, 15) is 65.9 Å². The van der Waals surface area contributed by atoms with Gasteiger partial charge in [-0.3, -0.25) is 0 Å². The molecule has 29 heavy (non-hydrogen) atoms. The second-order valence-corrected chi connectivity index (χ2v) is 5.67. The summed E-state index contributed by atoms with van der Waals surface area (Å²) in [5.41, 5.74) is 4.91. The zero-order valence-electron chi connectivity index (χ0n) is 13.7. The van der Waals surface area contributed by atoms with Gasteiger partial charge in [0.05, 0.1) is 0 Å². The van der Waals surface area contributed by atoms with Crippen molar-refractivity contribution in [1.29, 1.82) is 0 Å². The summed E-state index contributed by atoms with van der Waals surface area (Å²) < 4.78 is 193. The molecule has 0 atom stereocenters. The van der Waals surface area contributed by atoms with Crippen LogP contribution in [0.25, 0.3) is 0 Å². The zero-order valence-corrected chi connectivity index (χ0v) is 14.5. The molecule has 2 N–H and O–H groups in total. The first-order chi connectivity index (χ1) is 12.1. The number of hydrogen-bond acceptors (Lipinski definition) is 1. The van der Waals surface area contributed by atoms with Gasteiger partial charge in [-0.15, -0.1) is 12.4 Å². The van der Waals surface area contributed by atoms with Crippen LogP contribution in [0.3, 0.4) is 0 Å². The van der Waals surface area contributed by atoms with Crippen molar-refractivity contribution in [3.05, 3.63) is 0 Å². The van der Waals surface area contributed by atoms with E-state index < -0.39 is 61.0 Å². The molecule has 0 heterocycles. The summed E-state index contributed by atoms with van der Waals surface area (Å²) in [6, 6.07) is 0. The molecule has 0 saturated heterocycles. The van der Waals surface area contributed by atoms with E-state index in [4.69, 9.17) is 5.73 Å². The Hall–Kier alpha value is -0.800. The van der Waals surface area contributed by atoms with E-state index in [2.05, 4.69) is 0 Å². The maximum absolute atomic E-state index is 13.3. The molecule has 17 heteroatoms. The van der Waals surface area contributed by atoms with Crippen molar-refractivity contribution in [3.8, 4) is 0 Å². The van der Waals surface area contributed by atoms with Crippen molar-refractivity contribution < 1.29 is 65.9 Å². The van der Waals surface area contributed by atoms with Gasteiger partial charge >= 0.3 is 41.7 Å². The van der Waals surface area contributed by atoms with Crippen LogP contribution < -0.4 is 5.73 Å². The molecule has 0 aromatic heterocycles. The van der Waals surface area contributed by atoms with Gasteiger partial charge in [0.15, 0.2) is 0 Å². The van der Waals surface area contributed by atoms with Crippen molar-refractivity contribution in [3.63, 3.8) is 0 Å². The molecule has 0 fully saturated rings. The van der Waals surface area contributed by atoms with Crippen molar-refractivity contribution in [2.24, 2.45) is 5.73 Å². The minimum atomic E-state index is -8.22. The van der Waals surface area contributed by atoms with Gasteiger partial charge in [-0.1, -0.05) is 6.42 Å². The highest BCUT2D eigenvalue weighted by Gasteiger charge is 2.93. The third kappa shape index (κ3) is 4.77. The minimum Gasteiger partial charge on any atom is -0.330 e. The Morgan fingerprint density at radius 3 is 1.14 bits per heavy atom. The van der Waals surface area contributed by atoms with Crippen molar-refractivity contribution in [2.75, 3.05) is 6.54 Å². The van der Waals surface area contributed by atoms with Crippen LogP contribution in [0.1, 0.15) is 25.7 Å². The lowest BCUT2D eigenvalue weighted by Crippen LogP contribution is -2.72. The maximum Gasteiger partial charge on any atom is 0.460 e. The average Bonchev–Trinajstić information content (AvgIpc) is 2.49. The standard InChI is InChI=1S/C12H12F15N.ClH/c13-6(14,4-2-1-3-5-28)7(15,16)8(17,18)9(19,20)10(21,22)11(23,24)12(25,26)27;/h1-5,28H2;1H. The molecule has 0 aliphatic heterocycles. The van der Waals surface area contributed by atoms with Crippen molar-refractivity contribution >= 4 is 12.4 Å². The molecule has 0 rings (SSSR count). The van der Waals surface area contributed by atoms with Crippen LogP contribution in [-0.4, -0.2) is 48.3 Å². The molecule has 1 nitrogen and oxygen atoms in total. The highest BCUT2D eigenvalue weighted by Crippen LogP contribution is 2.62. The minimum absolute atomic E-state index is 0. The molecular weight excluding hydrogens is 479 g/mol. The fraction of sp³-hybridized carbons (Fsp3) is 1.00. The molecule has 0 aromatic carbocycles. The second-order valence-electron chi connectivity index (χ2n) is 5.67. The zero-order chi connectivity index (χ0) is 23.0. The fourth-order valence-electron chi connectivity index (χ4n) is 1.82. The number of unbranched alkanes of at least 4 members (excludes halogenated alkanes) is 2. The molecular formula is C12H13ClF15N. The van der Waals surface area contributed by atoms with E-state index in [-0.39, 0.29) is 25.4 Å². The van der Waals surface area contributed by atoms with E-state index in [0.29, 0.717) is 0 Å². The predicted molar refractivity (Wildman–Crippen MR) is 70.5 cm³/mol. The van der Waals surface area contributed by atoms with Crippen LogP contribution in [0.5, 0.6) is 0 Å². The van der Waals surface area contributed by atoms with Gasteiger partial charge in [-0.25, -0.2) is 0 Å². The fourth-order valence-corrected chi connectivity index (χ4v) is 1.82. The third-order valence-corrected chi connectivity index (χ3v) is 3.59. The van der Waals surface area contributed by atoms with Crippen LogP contribution >= 0.6 is 12.4 Å². The average molecular weight is 492 g/mol. The Morgan fingerprint density at radius 2 is 0.793 bits per heavy atom. The summed E-state index contributed by atoms with van der Waals surface area (Å²) >= 11 is 0. The Labute approximate surface area is 159 Å². The van der Waals surface area contributed by atoms with Gasteiger partial charge in [0.2, 0.25) is 0 Å². The SMILES string of the molecule is Cl.NCCCCCC(F)(F)C(F)(F)C(F)(F)C(F)(F)C(F)(F)C(F)(F)C(F)(F)F. The Bertz CT molecular complexity index is 528. The highest BCUT2D eigenvalue weighted by molar-refractivity contribution is 5.85. The first kappa shape index (κ1) is 30.4. The number of halogens is 16. The number of nitrogens with two attached hydrogens (primary N) is 1. The summed E-state index contributed by atoms with van der Waals surface area (Å²) in [6.45, 7) is -0.172. The lowest BCUT2D eigenvalue weighted by atomic mass is 9.89. The number of rotatable bonds is 10.